The molecule has 212 valence electrons. The highest BCUT2D eigenvalue weighted by Gasteiger charge is 2.37. The van der Waals surface area contributed by atoms with Gasteiger partial charge in [-0.05, 0) is 51.7 Å². The van der Waals surface area contributed by atoms with Crippen LogP contribution < -0.4 is 5.32 Å². The van der Waals surface area contributed by atoms with E-state index in [1.807, 2.05) is 34.0 Å². The quantitative estimate of drug-likeness (QED) is 0.268. The Morgan fingerprint density at radius 1 is 0.905 bits per heavy atom. The number of hydrogen-bond donors (Lipinski definition) is 1. The lowest BCUT2D eigenvalue weighted by molar-refractivity contribution is 0.532. The van der Waals surface area contributed by atoms with Gasteiger partial charge in [-0.2, -0.15) is 19.4 Å². The smallest absolute Gasteiger partial charge is 0.256 e. The van der Waals surface area contributed by atoms with Crippen LogP contribution in [0.4, 0.5) is 11.6 Å². The van der Waals surface area contributed by atoms with E-state index in [0.717, 1.165) is 39.2 Å². The van der Waals surface area contributed by atoms with Gasteiger partial charge in [-0.3, -0.25) is 9.36 Å². The fraction of sp³-hybridized carbons (Fsp3) is 0.310. The van der Waals surface area contributed by atoms with Gasteiger partial charge >= 0.3 is 0 Å². The number of hydrogen-bond acceptors (Lipinski definition) is 9. The second kappa shape index (κ2) is 10.2. The molecule has 2 aliphatic carbocycles. The molecule has 5 aromatic rings. The molecule has 2 aliphatic rings. The van der Waals surface area contributed by atoms with E-state index in [-0.39, 0.29) is 11.3 Å². The Bertz CT molecular complexity index is 1950. The van der Waals surface area contributed by atoms with Crippen LogP contribution in [-0.4, -0.2) is 57.4 Å². The summed E-state index contributed by atoms with van der Waals surface area (Å²) in [4.78, 5) is 13.5. The third kappa shape index (κ3) is 5.28. The second-order valence-corrected chi connectivity index (χ2v) is 12.9. The summed E-state index contributed by atoms with van der Waals surface area (Å²) in [6.07, 6.45) is 17.5. The van der Waals surface area contributed by atoms with Crippen LogP contribution in [-0.2, 0) is 10.0 Å². The van der Waals surface area contributed by atoms with Crippen LogP contribution in [0.2, 0.25) is 0 Å². The van der Waals surface area contributed by atoms with E-state index in [2.05, 4.69) is 61.3 Å². The number of pyridine rings is 1. The molecule has 2 saturated carbocycles. The molecule has 12 nitrogen and oxygen atoms in total. The van der Waals surface area contributed by atoms with Gasteiger partial charge < -0.3 is 5.32 Å². The van der Waals surface area contributed by atoms with Gasteiger partial charge in [0.1, 0.15) is 11.6 Å². The van der Waals surface area contributed by atoms with Gasteiger partial charge in [0.05, 0.1) is 47.2 Å². The lowest BCUT2D eigenvalue weighted by Crippen LogP contribution is -2.17. The van der Waals surface area contributed by atoms with Gasteiger partial charge in [-0.25, -0.2) is 23.4 Å². The van der Waals surface area contributed by atoms with Crippen molar-refractivity contribution in [3.8, 4) is 34.4 Å². The Balaban J connectivity index is 1.18. The first-order chi connectivity index (χ1) is 20.3. The fourth-order valence-electron chi connectivity index (χ4n) is 4.47. The lowest BCUT2D eigenvalue weighted by Gasteiger charge is -2.08. The summed E-state index contributed by atoms with van der Waals surface area (Å²) in [5, 5.41) is 15.9. The topological polar surface area (TPSA) is 138 Å². The summed E-state index contributed by atoms with van der Waals surface area (Å²) in [5.74, 6) is 7.94. The van der Waals surface area contributed by atoms with E-state index in [1.165, 1.54) is 12.4 Å². The molecule has 5 heterocycles. The van der Waals surface area contributed by atoms with Crippen LogP contribution in [0, 0.1) is 11.8 Å². The predicted molar refractivity (Wildman–Crippen MR) is 156 cm³/mol. The highest BCUT2D eigenvalue weighted by molar-refractivity contribution is 7.90. The molecular weight excluding hydrogens is 552 g/mol. The van der Waals surface area contributed by atoms with E-state index in [9.17, 15) is 8.42 Å². The SMILES string of the molecule is CC(C)n1cc(C#Cc2cc(Nc3ccnc(-c4cnn(S(=O)(=O)C5CC5)c4)n3)ncc2-c2cnn(C3CC3)c2)cn1. The zero-order valence-corrected chi connectivity index (χ0v) is 23.9. The minimum absolute atomic E-state index is 0.246. The molecule has 0 aliphatic heterocycles. The van der Waals surface area contributed by atoms with Crippen LogP contribution in [0.3, 0.4) is 0 Å². The number of rotatable bonds is 8. The second-order valence-electron chi connectivity index (χ2n) is 10.8. The molecule has 0 unspecified atom stereocenters. The van der Waals surface area contributed by atoms with Crippen LogP contribution in [0.25, 0.3) is 22.5 Å². The third-order valence-corrected chi connectivity index (χ3v) is 9.18. The maximum atomic E-state index is 12.5. The zero-order chi connectivity index (χ0) is 28.8. The van der Waals surface area contributed by atoms with Crippen molar-refractivity contribution in [3.05, 3.63) is 72.8 Å². The monoisotopic (exact) mass is 580 g/mol. The molecule has 7 rings (SSSR count). The Morgan fingerprint density at radius 3 is 2.50 bits per heavy atom. The first-order valence-corrected chi connectivity index (χ1v) is 15.3. The molecule has 0 saturated heterocycles. The third-order valence-electron chi connectivity index (χ3n) is 7.15. The van der Waals surface area contributed by atoms with Gasteiger partial charge in [-0.1, -0.05) is 11.8 Å². The summed E-state index contributed by atoms with van der Waals surface area (Å²) >= 11 is 0. The zero-order valence-electron chi connectivity index (χ0n) is 23.1. The molecule has 0 aromatic carbocycles. The van der Waals surface area contributed by atoms with E-state index >= 15 is 0 Å². The standard InChI is InChI=1S/C29H28N10O2S/c1-19(2)37-16-20(12-32-37)3-4-21-11-28(31-15-26(21)22-13-33-38(17-22)24-5-6-24)35-27-9-10-30-29(36-27)23-14-34-39(18-23)42(40,41)25-7-8-25/h9-19,24-25H,5-8H2,1-2H3,(H,30,31,35,36). The Labute approximate surface area is 242 Å². The number of nitrogens with one attached hydrogen (secondary N) is 1. The molecule has 0 amide bonds. The van der Waals surface area contributed by atoms with Crippen LogP contribution >= 0.6 is 0 Å². The van der Waals surface area contributed by atoms with Gasteiger partial charge in [0.25, 0.3) is 10.0 Å². The van der Waals surface area contributed by atoms with Gasteiger partial charge in [-0.15, -0.1) is 0 Å². The minimum Gasteiger partial charge on any atom is -0.325 e. The largest absolute Gasteiger partial charge is 0.325 e. The van der Waals surface area contributed by atoms with Crippen LogP contribution in [0.1, 0.15) is 62.7 Å². The Kier molecular flexibility index (Phi) is 6.35. The molecule has 0 radical (unpaired) electrons. The van der Waals surface area contributed by atoms with Crippen molar-refractivity contribution < 1.29 is 8.42 Å². The number of anilines is 2. The Morgan fingerprint density at radius 2 is 1.74 bits per heavy atom. The molecule has 0 atom stereocenters. The maximum Gasteiger partial charge on any atom is 0.256 e. The molecule has 1 N–H and O–H groups in total. The maximum absolute atomic E-state index is 12.5. The van der Waals surface area contributed by atoms with Gasteiger partial charge in [0.15, 0.2) is 5.82 Å². The molecule has 13 heteroatoms. The average Bonchev–Trinajstić information content (AvgIpc) is 3.86. The van der Waals surface area contributed by atoms with E-state index in [1.54, 1.807) is 24.7 Å². The van der Waals surface area contributed by atoms with E-state index < -0.39 is 10.0 Å². The van der Waals surface area contributed by atoms with Crippen molar-refractivity contribution in [2.45, 2.75) is 56.9 Å². The first-order valence-electron chi connectivity index (χ1n) is 13.8. The van der Waals surface area contributed by atoms with E-state index in [0.29, 0.717) is 41.9 Å². The summed E-state index contributed by atoms with van der Waals surface area (Å²) in [6.45, 7) is 4.14. The fourth-order valence-corrected chi connectivity index (χ4v) is 5.95. The highest BCUT2D eigenvalue weighted by Crippen LogP contribution is 2.36. The van der Waals surface area contributed by atoms with Crippen molar-refractivity contribution >= 4 is 21.7 Å². The summed E-state index contributed by atoms with van der Waals surface area (Å²) in [5.41, 5.74) is 3.93. The normalized spacial score (nSPS) is 15.0. The molecule has 42 heavy (non-hydrogen) atoms. The van der Waals surface area contributed by atoms with Crippen molar-refractivity contribution in [1.29, 1.82) is 0 Å². The molecule has 0 spiro atoms. The van der Waals surface area contributed by atoms with Crippen molar-refractivity contribution in [2.75, 3.05) is 5.32 Å². The summed E-state index contributed by atoms with van der Waals surface area (Å²) in [6, 6.07) is 4.31. The highest BCUT2D eigenvalue weighted by atomic mass is 32.2. The van der Waals surface area contributed by atoms with Crippen molar-refractivity contribution in [3.63, 3.8) is 0 Å². The summed E-state index contributed by atoms with van der Waals surface area (Å²) in [7, 11) is -3.47. The van der Waals surface area contributed by atoms with Crippen LogP contribution in [0.15, 0.2) is 61.7 Å². The Hall–Kier alpha value is -4.83. The predicted octanol–water partition coefficient (Wildman–Crippen LogP) is 4.19. The van der Waals surface area contributed by atoms with Crippen molar-refractivity contribution in [1.82, 2.24) is 43.7 Å². The lowest BCUT2D eigenvalue weighted by atomic mass is 10.1. The molecule has 2 fully saturated rings. The molecule has 5 aromatic heterocycles. The number of aromatic nitrogens is 9. The van der Waals surface area contributed by atoms with E-state index in [4.69, 9.17) is 0 Å². The average molecular weight is 581 g/mol. The van der Waals surface area contributed by atoms with Gasteiger partial charge in [0, 0.05) is 47.5 Å². The van der Waals surface area contributed by atoms with Crippen molar-refractivity contribution in [2.24, 2.45) is 0 Å². The number of nitrogens with zero attached hydrogens (tertiary/aromatic N) is 9. The van der Waals surface area contributed by atoms with Gasteiger partial charge in [0.2, 0.25) is 0 Å². The summed E-state index contributed by atoms with van der Waals surface area (Å²) < 4.78 is 30.0. The molecular formula is C29H28N10O2S. The first kappa shape index (κ1) is 26.1. The minimum atomic E-state index is -3.47. The molecule has 0 bridgehead atoms. The van der Waals surface area contributed by atoms with Crippen LogP contribution in [0.5, 0.6) is 0 Å².